The maximum absolute atomic E-state index is 11.8. The van der Waals surface area contributed by atoms with Gasteiger partial charge >= 0.3 is 0 Å². The predicted molar refractivity (Wildman–Crippen MR) is 61.5 cm³/mol. The van der Waals surface area contributed by atoms with Gasteiger partial charge in [-0.3, -0.25) is 9.78 Å². The van der Waals surface area contributed by atoms with Crippen LogP contribution < -0.4 is 0 Å². The van der Waals surface area contributed by atoms with Crippen LogP contribution in [0.2, 0.25) is 5.15 Å². The number of hydrogen-bond donors (Lipinski definition) is 0. The smallest absolute Gasteiger partial charge is 0.170 e. The highest BCUT2D eigenvalue weighted by Crippen LogP contribution is 2.08. The van der Waals surface area contributed by atoms with Gasteiger partial charge in [-0.2, -0.15) is 0 Å². The van der Waals surface area contributed by atoms with Crippen LogP contribution in [-0.4, -0.2) is 15.8 Å². The molecule has 0 bridgehead atoms. The van der Waals surface area contributed by atoms with Gasteiger partial charge in [-0.05, 0) is 24.3 Å². The minimum absolute atomic E-state index is 0.0112. The molecule has 0 aliphatic heterocycles. The molecule has 2 heterocycles. The maximum Gasteiger partial charge on any atom is 0.170 e. The summed E-state index contributed by atoms with van der Waals surface area (Å²) in [6, 6.07) is 8.71. The molecule has 4 heteroatoms. The first-order valence-corrected chi connectivity index (χ1v) is 5.18. The Morgan fingerprint density at radius 3 is 2.81 bits per heavy atom. The lowest BCUT2D eigenvalue weighted by molar-refractivity contribution is 0.0991. The molecule has 2 aromatic rings. The second kappa shape index (κ2) is 4.86. The molecule has 0 aliphatic rings. The first-order chi connectivity index (χ1) is 7.75. The number of halogens is 1. The van der Waals surface area contributed by atoms with E-state index in [1.54, 1.807) is 42.7 Å². The summed E-state index contributed by atoms with van der Waals surface area (Å²) in [7, 11) is 0. The highest BCUT2D eigenvalue weighted by molar-refractivity contribution is 6.29. The molecule has 0 saturated heterocycles. The van der Waals surface area contributed by atoms with Gasteiger partial charge in [0.2, 0.25) is 0 Å². The maximum atomic E-state index is 11.8. The van der Waals surface area contributed by atoms with E-state index < -0.39 is 0 Å². The van der Waals surface area contributed by atoms with Crippen molar-refractivity contribution >= 4 is 17.4 Å². The third-order valence-electron chi connectivity index (χ3n) is 2.10. The van der Waals surface area contributed by atoms with Crippen molar-refractivity contribution in [2.75, 3.05) is 0 Å². The Bertz CT molecular complexity index is 499. The van der Waals surface area contributed by atoms with E-state index >= 15 is 0 Å². The summed E-state index contributed by atoms with van der Waals surface area (Å²) < 4.78 is 0. The fourth-order valence-corrected chi connectivity index (χ4v) is 1.52. The highest BCUT2D eigenvalue weighted by Gasteiger charge is 2.07. The van der Waals surface area contributed by atoms with E-state index in [4.69, 9.17) is 11.6 Å². The summed E-state index contributed by atoms with van der Waals surface area (Å²) in [5.74, 6) is -0.0112. The zero-order chi connectivity index (χ0) is 11.4. The standard InChI is InChI=1S/C12H9ClN2O/c13-12-5-1-4-10(15-12)7-11(16)9-3-2-6-14-8-9/h1-6,8H,7H2. The van der Waals surface area contributed by atoms with Gasteiger partial charge in [0.25, 0.3) is 0 Å². The fourth-order valence-electron chi connectivity index (χ4n) is 1.34. The zero-order valence-electron chi connectivity index (χ0n) is 8.43. The second-order valence-corrected chi connectivity index (χ2v) is 3.68. The quantitative estimate of drug-likeness (QED) is 0.603. The summed E-state index contributed by atoms with van der Waals surface area (Å²) in [6.07, 6.45) is 3.42. The Labute approximate surface area is 98.1 Å². The molecule has 16 heavy (non-hydrogen) atoms. The summed E-state index contributed by atoms with van der Waals surface area (Å²) >= 11 is 5.74. The highest BCUT2D eigenvalue weighted by atomic mass is 35.5. The van der Waals surface area contributed by atoms with Crippen LogP contribution in [0, 0.1) is 0 Å². The van der Waals surface area contributed by atoms with Crippen molar-refractivity contribution in [2.45, 2.75) is 6.42 Å². The normalized spacial score (nSPS) is 10.1. The van der Waals surface area contributed by atoms with Gasteiger partial charge in [0.1, 0.15) is 5.15 Å². The summed E-state index contributed by atoms with van der Waals surface area (Å²) in [5, 5.41) is 0.400. The van der Waals surface area contributed by atoms with Gasteiger partial charge in [0, 0.05) is 23.7 Å². The van der Waals surface area contributed by atoms with Crippen LogP contribution in [0.3, 0.4) is 0 Å². The van der Waals surface area contributed by atoms with Crippen molar-refractivity contribution in [3.05, 3.63) is 59.1 Å². The number of ketones is 1. The number of rotatable bonds is 3. The van der Waals surface area contributed by atoms with Crippen LogP contribution in [0.25, 0.3) is 0 Å². The molecular formula is C12H9ClN2O. The average Bonchev–Trinajstić information content (AvgIpc) is 2.30. The van der Waals surface area contributed by atoms with E-state index in [0.29, 0.717) is 16.4 Å². The first-order valence-electron chi connectivity index (χ1n) is 4.80. The molecule has 0 saturated carbocycles. The molecule has 2 rings (SSSR count). The van der Waals surface area contributed by atoms with Gasteiger partial charge < -0.3 is 0 Å². The SMILES string of the molecule is O=C(Cc1cccc(Cl)n1)c1cccnc1. The lowest BCUT2D eigenvalue weighted by Crippen LogP contribution is -2.05. The van der Waals surface area contributed by atoms with E-state index in [1.165, 1.54) is 0 Å². The number of hydrogen-bond acceptors (Lipinski definition) is 3. The van der Waals surface area contributed by atoms with Crippen molar-refractivity contribution in [2.24, 2.45) is 0 Å². The number of carbonyl (C=O) groups is 1. The topological polar surface area (TPSA) is 42.9 Å². The van der Waals surface area contributed by atoms with Crippen molar-refractivity contribution in [1.29, 1.82) is 0 Å². The number of pyridine rings is 2. The Balaban J connectivity index is 2.14. The summed E-state index contributed by atoms with van der Waals surface area (Å²) in [5.41, 5.74) is 1.26. The molecule has 0 fully saturated rings. The molecule has 3 nitrogen and oxygen atoms in total. The van der Waals surface area contributed by atoms with E-state index in [1.807, 2.05) is 0 Å². The number of carbonyl (C=O) groups excluding carboxylic acids is 1. The second-order valence-electron chi connectivity index (χ2n) is 3.29. The zero-order valence-corrected chi connectivity index (χ0v) is 9.19. The minimum Gasteiger partial charge on any atom is -0.294 e. The van der Waals surface area contributed by atoms with Crippen molar-refractivity contribution in [3.63, 3.8) is 0 Å². The van der Waals surface area contributed by atoms with Crippen molar-refractivity contribution in [1.82, 2.24) is 9.97 Å². The molecule has 0 spiro atoms. The van der Waals surface area contributed by atoms with E-state index in [0.717, 1.165) is 0 Å². The fraction of sp³-hybridized carbons (Fsp3) is 0.0833. The van der Waals surface area contributed by atoms with Crippen molar-refractivity contribution in [3.8, 4) is 0 Å². The van der Waals surface area contributed by atoms with Crippen LogP contribution in [0.4, 0.5) is 0 Å². The van der Waals surface area contributed by atoms with Gasteiger partial charge in [0.15, 0.2) is 5.78 Å². The minimum atomic E-state index is -0.0112. The first kappa shape index (κ1) is 10.8. The molecular weight excluding hydrogens is 224 g/mol. The molecule has 0 radical (unpaired) electrons. The number of Topliss-reactive ketones (excluding diaryl/α,β-unsaturated/α-hetero) is 1. The molecule has 0 N–H and O–H groups in total. The van der Waals surface area contributed by atoms with Crippen LogP contribution in [-0.2, 0) is 6.42 Å². The molecule has 0 aromatic carbocycles. The third kappa shape index (κ3) is 2.64. The number of aromatic nitrogens is 2. The van der Waals surface area contributed by atoms with Gasteiger partial charge in [-0.25, -0.2) is 4.98 Å². The third-order valence-corrected chi connectivity index (χ3v) is 2.31. The lowest BCUT2D eigenvalue weighted by Gasteiger charge is -2.00. The molecule has 0 amide bonds. The van der Waals surface area contributed by atoms with E-state index in [2.05, 4.69) is 9.97 Å². The van der Waals surface area contributed by atoms with Crippen LogP contribution in [0.5, 0.6) is 0 Å². The number of nitrogens with zero attached hydrogens (tertiary/aromatic N) is 2. The Hall–Kier alpha value is -1.74. The molecule has 0 unspecified atom stereocenters. The molecule has 0 aliphatic carbocycles. The van der Waals surface area contributed by atoms with Crippen LogP contribution in [0.1, 0.15) is 16.1 Å². The molecule has 2 aromatic heterocycles. The molecule has 80 valence electrons. The monoisotopic (exact) mass is 232 g/mol. The molecule has 0 atom stereocenters. The van der Waals surface area contributed by atoms with E-state index in [9.17, 15) is 4.79 Å². The Kier molecular flexibility index (Phi) is 3.27. The van der Waals surface area contributed by atoms with Gasteiger partial charge in [-0.15, -0.1) is 0 Å². The average molecular weight is 233 g/mol. The lowest BCUT2D eigenvalue weighted by atomic mass is 10.1. The Morgan fingerprint density at radius 1 is 1.25 bits per heavy atom. The summed E-state index contributed by atoms with van der Waals surface area (Å²) in [4.78, 5) is 19.8. The predicted octanol–water partition coefficient (Wildman–Crippen LogP) is 2.56. The van der Waals surface area contributed by atoms with Gasteiger partial charge in [0.05, 0.1) is 6.42 Å². The van der Waals surface area contributed by atoms with Crippen molar-refractivity contribution < 1.29 is 4.79 Å². The largest absolute Gasteiger partial charge is 0.294 e. The van der Waals surface area contributed by atoms with Crippen LogP contribution in [0.15, 0.2) is 42.7 Å². The summed E-state index contributed by atoms with van der Waals surface area (Å²) in [6.45, 7) is 0. The van der Waals surface area contributed by atoms with Crippen LogP contribution >= 0.6 is 11.6 Å². The Morgan fingerprint density at radius 2 is 2.12 bits per heavy atom. The van der Waals surface area contributed by atoms with Gasteiger partial charge in [-0.1, -0.05) is 17.7 Å². The van der Waals surface area contributed by atoms with E-state index in [-0.39, 0.29) is 12.2 Å².